The molecule has 0 spiro atoms. The first-order chi connectivity index (χ1) is 15.1. The number of carbonyl (C=O) groups excluding carboxylic acids is 1. The van der Waals surface area contributed by atoms with Gasteiger partial charge in [-0.1, -0.05) is 51.1 Å². The summed E-state index contributed by atoms with van der Waals surface area (Å²) < 4.78 is 11.3. The molecule has 32 heavy (non-hydrogen) atoms. The topological polar surface area (TPSA) is 59.8 Å². The van der Waals surface area contributed by atoms with Crippen LogP contribution in [0.2, 0.25) is 0 Å². The minimum Gasteiger partial charge on any atom is -0.450 e. The third kappa shape index (κ3) is 3.75. The van der Waals surface area contributed by atoms with Crippen molar-refractivity contribution in [3.05, 3.63) is 80.2 Å². The molecular formula is C27H31NO4. The van der Waals surface area contributed by atoms with E-state index in [-0.39, 0.29) is 22.5 Å². The van der Waals surface area contributed by atoms with Crippen LogP contribution in [0.25, 0.3) is 11.0 Å². The SMILES string of the molecule is COCCCN1C(=O)c2oc3c(C)cc(C)cc3c(=O)c2C1c1ccc(C(C)(C)C)cc1. The van der Waals surface area contributed by atoms with E-state index in [9.17, 15) is 9.59 Å². The lowest BCUT2D eigenvalue weighted by Crippen LogP contribution is -2.31. The smallest absolute Gasteiger partial charge is 0.290 e. The third-order valence-corrected chi connectivity index (χ3v) is 6.24. The third-order valence-electron chi connectivity index (χ3n) is 6.24. The highest BCUT2D eigenvalue weighted by molar-refractivity contribution is 5.99. The van der Waals surface area contributed by atoms with E-state index in [0.29, 0.717) is 36.1 Å². The molecule has 1 aromatic heterocycles. The zero-order valence-corrected chi connectivity index (χ0v) is 19.7. The van der Waals surface area contributed by atoms with Crippen molar-refractivity contribution in [2.45, 2.75) is 52.5 Å². The summed E-state index contributed by atoms with van der Waals surface area (Å²) in [4.78, 5) is 28.9. The van der Waals surface area contributed by atoms with Crippen molar-refractivity contribution in [2.75, 3.05) is 20.3 Å². The summed E-state index contributed by atoms with van der Waals surface area (Å²) in [6.45, 7) is 11.4. The molecule has 1 aliphatic rings. The predicted octanol–water partition coefficient (Wildman–Crippen LogP) is 5.29. The Morgan fingerprint density at radius 1 is 1.06 bits per heavy atom. The molecule has 5 heteroatoms. The Bertz CT molecular complexity index is 1230. The maximum absolute atomic E-state index is 13.7. The fraction of sp³-hybridized carbons (Fsp3) is 0.407. The van der Waals surface area contributed by atoms with Gasteiger partial charge in [-0.3, -0.25) is 9.59 Å². The summed E-state index contributed by atoms with van der Waals surface area (Å²) in [5.74, 6) is -0.0725. The van der Waals surface area contributed by atoms with Crippen molar-refractivity contribution in [2.24, 2.45) is 0 Å². The highest BCUT2D eigenvalue weighted by atomic mass is 16.5. The van der Waals surface area contributed by atoms with Crippen LogP contribution in [0.4, 0.5) is 0 Å². The second-order valence-electron chi connectivity index (χ2n) is 9.75. The zero-order valence-electron chi connectivity index (χ0n) is 19.7. The van der Waals surface area contributed by atoms with Crippen LogP contribution in [0, 0.1) is 13.8 Å². The second-order valence-corrected chi connectivity index (χ2v) is 9.75. The number of aryl methyl sites for hydroxylation is 2. The van der Waals surface area contributed by atoms with E-state index >= 15 is 0 Å². The van der Waals surface area contributed by atoms with Gasteiger partial charge in [0.25, 0.3) is 5.91 Å². The molecule has 0 aliphatic carbocycles. The molecule has 0 saturated heterocycles. The van der Waals surface area contributed by atoms with Crippen LogP contribution in [-0.4, -0.2) is 31.1 Å². The lowest BCUT2D eigenvalue weighted by Gasteiger charge is -2.26. The quantitative estimate of drug-likeness (QED) is 0.513. The molecule has 2 heterocycles. The molecule has 5 nitrogen and oxygen atoms in total. The Labute approximate surface area is 189 Å². The van der Waals surface area contributed by atoms with E-state index < -0.39 is 6.04 Å². The van der Waals surface area contributed by atoms with Gasteiger partial charge in [-0.05, 0) is 54.0 Å². The molecule has 1 atom stereocenters. The molecule has 168 valence electrons. The molecule has 2 aromatic carbocycles. The summed E-state index contributed by atoms with van der Waals surface area (Å²) in [6, 6.07) is 11.6. The first kappa shape index (κ1) is 22.3. The van der Waals surface area contributed by atoms with Crippen LogP contribution in [0.15, 0.2) is 45.6 Å². The van der Waals surface area contributed by atoms with Gasteiger partial charge < -0.3 is 14.1 Å². The molecule has 0 bridgehead atoms. The number of ether oxygens (including phenoxy) is 1. The average Bonchev–Trinajstić information content (AvgIpc) is 3.01. The Kier molecular flexibility index (Phi) is 5.72. The van der Waals surface area contributed by atoms with Gasteiger partial charge in [0.05, 0.1) is 17.0 Å². The molecule has 1 amide bonds. The maximum atomic E-state index is 13.7. The number of methoxy groups -OCH3 is 1. The second kappa shape index (κ2) is 8.21. The molecule has 3 aromatic rings. The lowest BCUT2D eigenvalue weighted by molar-refractivity contribution is 0.0708. The Balaban J connectivity index is 1.91. The Morgan fingerprint density at radius 2 is 1.75 bits per heavy atom. The average molecular weight is 434 g/mol. The number of amides is 1. The molecule has 1 unspecified atom stereocenters. The number of rotatable bonds is 5. The molecule has 4 rings (SSSR count). The number of hydrogen-bond donors (Lipinski definition) is 0. The van der Waals surface area contributed by atoms with Crippen LogP contribution in [0.3, 0.4) is 0 Å². The van der Waals surface area contributed by atoms with Gasteiger partial charge in [-0.25, -0.2) is 0 Å². The predicted molar refractivity (Wildman–Crippen MR) is 126 cm³/mol. The number of benzene rings is 2. The minimum atomic E-state index is -0.468. The molecule has 0 fully saturated rings. The molecule has 0 saturated carbocycles. The standard InChI is InChI=1S/C27H31NO4/c1-16-14-17(2)24-20(15-16)23(29)21-22(18-8-10-19(11-9-18)27(3,4)5)28(12-7-13-31-6)26(30)25(21)32-24/h8-11,14-15,22H,7,12-13H2,1-6H3. The Hall–Kier alpha value is -2.92. The normalized spacial score (nSPS) is 16.1. The first-order valence-corrected chi connectivity index (χ1v) is 11.1. The summed E-state index contributed by atoms with van der Waals surface area (Å²) in [7, 11) is 1.65. The van der Waals surface area contributed by atoms with E-state index in [1.54, 1.807) is 12.0 Å². The molecular weight excluding hydrogens is 402 g/mol. The summed E-state index contributed by atoms with van der Waals surface area (Å²) in [5.41, 5.74) is 4.80. The van der Waals surface area contributed by atoms with Crippen LogP contribution in [-0.2, 0) is 10.2 Å². The van der Waals surface area contributed by atoms with Gasteiger partial charge in [-0.2, -0.15) is 0 Å². The fourth-order valence-electron chi connectivity index (χ4n) is 4.60. The van der Waals surface area contributed by atoms with Crippen LogP contribution in [0.5, 0.6) is 0 Å². The zero-order chi connectivity index (χ0) is 23.2. The van der Waals surface area contributed by atoms with Crippen molar-refractivity contribution in [3.8, 4) is 0 Å². The summed E-state index contributed by atoms with van der Waals surface area (Å²) >= 11 is 0. The van der Waals surface area contributed by atoms with Gasteiger partial charge in [0.1, 0.15) is 5.58 Å². The molecule has 0 radical (unpaired) electrons. The van der Waals surface area contributed by atoms with E-state index in [4.69, 9.17) is 9.15 Å². The largest absolute Gasteiger partial charge is 0.450 e. The van der Waals surface area contributed by atoms with E-state index in [1.807, 2.05) is 38.1 Å². The number of carbonyl (C=O) groups is 1. The minimum absolute atomic E-state index is 0.0182. The van der Waals surface area contributed by atoms with Crippen LogP contribution < -0.4 is 5.43 Å². The molecule has 0 N–H and O–H groups in total. The highest BCUT2D eigenvalue weighted by Crippen LogP contribution is 2.39. The van der Waals surface area contributed by atoms with Crippen molar-refractivity contribution >= 4 is 16.9 Å². The van der Waals surface area contributed by atoms with Crippen molar-refractivity contribution in [1.29, 1.82) is 0 Å². The summed E-state index contributed by atoms with van der Waals surface area (Å²) in [6.07, 6.45) is 0.679. The number of hydrogen-bond acceptors (Lipinski definition) is 4. The van der Waals surface area contributed by atoms with Gasteiger partial charge in [0.15, 0.2) is 5.43 Å². The lowest BCUT2D eigenvalue weighted by atomic mass is 9.86. The number of fused-ring (bicyclic) bond motifs is 2. The van der Waals surface area contributed by atoms with E-state index in [1.165, 1.54) is 5.56 Å². The van der Waals surface area contributed by atoms with Gasteiger partial charge in [0, 0.05) is 20.3 Å². The number of nitrogens with zero attached hydrogens (tertiary/aromatic N) is 1. The van der Waals surface area contributed by atoms with Crippen LogP contribution in [0.1, 0.15) is 71.6 Å². The van der Waals surface area contributed by atoms with Crippen molar-refractivity contribution in [1.82, 2.24) is 4.90 Å². The molecule has 1 aliphatic heterocycles. The van der Waals surface area contributed by atoms with E-state index in [0.717, 1.165) is 16.7 Å². The van der Waals surface area contributed by atoms with E-state index in [2.05, 4.69) is 32.9 Å². The van der Waals surface area contributed by atoms with Gasteiger partial charge in [-0.15, -0.1) is 0 Å². The van der Waals surface area contributed by atoms with Crippen molar-refractivity contribution in [3.63, 3.8) is 0 Å². The van der Waals surface area contributed by atoms with Gasteiger partial charge in [0.2, 0.25) is 5.76 Å². The van der Waals surface area contributed by atoms with Crippen molar-refractivity contribution < 1.29 is 13.9 Å². The first-order valence-electron chi connectivity index (χ1n) is 11.1. The van der Waals surface area contributed by atoms with Crippen LogP contribution >= 0.6 is 0 Å². The fourth-order valence-corrected chi connectivity index (χ4v) is 4.60. The Morgan fingerprint density at radius 3 is 2.38 bits per heavy atom. The summed E-state index contributed by atoms with van der Waals surface area (Å²) in [5, 5.41) is 0.532. The van der Waals surface area contributed by atoms with Gasteiger partial charge >= 0.3 is 0 Å². The monoisotopic (exact) mass is 433 g/mol. The maximum Gasteiger partial charge on any atom is 0.290 e. The highest BCUT2D eigenvalue weighted by Gasteiger charge is 2.42.